The topological polar surface area (TPSA) is 26.0 Å². The molecule has 1 rings (SSSR count). The summed E-state index contributed by atoms with van der Waals surface area (Å²) in [7, 11) is 0. The molecule has 2 N–H and O–H groups in total. The molecule has 0 aliphatic heterocycles. The van der Waals surface area contributed by atoms with E-state index >= 15 is 0 Å². The summed E-state index contributed by atoms with van der Waals surface area (Å²) in [5, 5.41) is 0. The van der Waals surface area contributed by atoms with Gasteiger partial charge in [-0.05, 0) is 30.1 Å². The lowest BCUT2D eigenvalue weighted by atomic mass is 9.63. The molecule has 1 heteroatoms. The summed E-state index contributed by atoms with van der Waals surface area (Å²) in [6.07, 6.45) is 4.35. The minimum absolute atomic E-state index is 0.374. The molecule has 3 unspecified atom stereocenters. The molecule has 0 radical (unpaired) electrons. The molecule has 70 valence electrons. The first-order valence-electron chi connectivity index (χ1n) is 4.85. The van der Waals surface area contributed by atoms with Crippen LogP contribution in [0.1, 0.15) is 33.6 Å². The van der Waals surface area contributed by atoms with E-state index in [-0.39, 0.29) is 0 Å². The van der Waals surface area contributed by atoms with Gasteiger partial charge in [-0.1, -0.05) is 26.8 Å². The monoisotopic (exact) mass is 167 g/mol. The summed E-state index contributed by atoms with van der Waals surface area (Å²) in [5.74, 6) is 1.33. The van der Waals surface area contributed by atoms with Crippen LogP contribution in [0.4, 0.5) is 0 Å². The molecule has 0 aromatic heterocycles. The lowest BCUT2D eigenvalue weighted by molar-refractivity contribution is 0.0991. The Morgan fingerprint density at radius 2 is 2.08 bits per heavy atom. The number of hydrogen-bond donors (Lipinski definition) is 1. The maximum atomic E-state index is 5.99. The van der Waals surface area contributed by atoms with Crippen molar-refractivity contribution in [1.82, 2.24) is 0 Å². The molecule has 1 fully saturated rings. The van der Waals surface area contributed by atoms with E-state index in [1.807, 2.05) is 0 Å². The van der Waals surface area contributed by atoms with Crippen molar-refractivity contribution in [2.75, 3.05) is 0 Å². The Labute approximate surface area is 76.0 Å². The third kappa shape index (κ3) is 1.71. The molecule has 12 heavy (non-hydrogen) atoms. The highest BCUT2D eigenvalue weighted by molar-refractivity contribution is 4.97. The van der Waals surface area contributed by atoms with Gasteiger partial charge in [-0.15, -0.1) is 6.58 Å². The fourth-order valence-corrected chi connectivity index (χ4v) is 2.38. The average Bonchev–Trinajstić information content (AvgIpc) is 1.96. The standard InChI is InChI=1S/C11H21N/c1-5-9-6-10(12)7-11(3,4)8(9)2/h5,8-10H,1,6-7,12H2,2-4H3. The van der Waals surface area contributed by atoms with Gasteiger partial charge in [0.25, 0.3) is 0 Å². The summed E-state index contributed by atoms with van der Waals surface area (Å²) >= 11 is 0. The Bertz CT molecular complexity index is 172. The van der Waals surface area contributed by atoms with Crippen LogP contribution in [0.2, 0.25) is 0 Å². The van der Waals surface area contributed by atoms with Crippen LogP contribution >= 0.6 is 0 Å². The number of rotatable bonds is 1. The normalized spacial score (nSPS) is 40.8. The molecular weight excluding hydrogens is 146 g/mol. The predicted molar refractivity (Wildman–Crippen MR) is 53.8 cm³/mol. The highest BCUT2D eigenvalue weighted by Gasteiger charge is 2.37. The summed E-state index contributed by atoms with van der Waals surface area (Å²) in [6, 6.07) is 0.374. The molecule has 1 nitrogen and oxygen atoms in total. The van der Waals surface area contributed by atoms with Crippen LogP contribution in [0.25, 0.3) is 0 Å². The molecular formula is C11H21N. The molecule has 0 heterocycles. The van der Waals surface area contributed by atoms with E-state index in [0.717, 1.165) is 18.8 Å². The second-order valence-corrected chi connectivity index (χ2v) is 4.88. The molecule has 0 amide bonds. The quantitative estimate of drug-likeness (QED) is 0.597. The Kier molecular flexibility index (Phi) is 2.62. The van der Waals surface area contributed by atoms with Crippen LogP contribution in [-0.4, -0.2) is 6.04 Å². The van der Waals surface area contributed by atoms with Crippen LogP contribution in [0, 0.1) is 17.3 Å². The van der Waals surface area contributed by atoms with Gasteiger partial charge in [-0.25, -0.2) is 0 Å². The molecule has 0 spiro atoms. The SMILES string of the molecule is C=CC1CC(N)CC(C)(C)C1C. The lowest BCUT2D eigenvalue weighted by Crippen LogP contribution is -2.42. The second kappa shape index (κ2) is 3.21. The van der Waals surface area contributed by atoms with Gasteiger partial charge >= 0.3 is 0 Å². The molecule has 1 aliphatic rings. The first-order chi connectivity index (χ1) is 5.47. The number of hydrogen-bond acceptors (Lipinski definition) is 1. The third-order valence-electron chi connectivity index (χ3n) is 3.54. The maximum Gasteiger partial charge on any atom is 0.00497 e. The zero-order valence-electron chi connectivity index (χ0n) is 8.51. The second-order valence-electron chi connectivity index (χ2n) is 4.88. The van der Waals surface area contributed by atoms with Crippen LogP contribution in [-0.2, 0) is 0 Å². The van der Waals surface area contributed by atoms with Crippen molar-refractivity contribution in [3.63, 3.8) is 0 Å². The van der Waals surface area contributed by atoms with Gasteiger partial charge in [-0.2, -0.15) is 0 Å². The van der Waals surface area contributed by atoms with Gasteiger partial charge in [0.15, 0.2) is 0 Å². The summed E-state index contributed by atoms with van der Waals surface area (Å²) in [4.78, 5) is 0. The van der Waals surface area contributed by atoms with Gasteiger partial charge in [0.05, 0.1) is 0 Å². The average molecular weight is 167 g/mol. The molecule has 1 saturated carbocycles. The first-order valence-corrected chi connectivity index (χ1v) is 4.85. The molecule has 3 atom stereocenters. The third-order valence-corrected chi connectivity index (χ3v) is 3.54. The minimum Gasteiger partial charge on any atom is -0.328 e. The van der Waals surface area contributed by atoms with Crippen LogP contribution in [0.3, 0.4) is 0 Å². The van der Waals surface area contributed by atoms with Crippen molar-refractivity contribution in [2.24, 2.45) is 23.0 Å². The van der Waals surface area contributed by atoms with E-state index in [2.05, 4.69) is 33.4 Å². The lowest BCUT2D eigenvalue weighted by Gasteiger charge is -2.44. The Morgan fingerprint density at radius 1 is 1.50 bits per heavy atom. The van der Waals surface area contributed by atoms with E-state index in [0.29, 0.717) is 17.4 Å². The highest BCUT2D eigenvalue weighted by Crippen LogP contribution is 2.43. The van der Waals surface area contributed by atoms with Crippen molar-refractivity contribution in [1.29, 1.82) is 0 Å². The van der Waals surface area contributed by atoms with Gasteiger partial charge in [0.2, 0.25) is 0 Å². The van der Waals surface area contributed by atoms with Crippen LogP contribution < -0.4 is 5.73 Å². The van der Waals surface area contributed by atoms with Gasteiger partial charge in [-0.3, -0.25) is 0 Å². The number of nitrogens with two attached hydrogens (primary N) is 1. The number of allylic oxidation sites excluding steroid dienone is 1. The van der Waals surface area contributed by atoms with E-state index in [4.69, 9.17) is 5.73 Å². The maximum absolute atomic E-state index is 5.99. The van der Waals surface area contributed by atoms with Crippen molar-refractivity contribution >= 4 is 0 Å². The minimum atomic E-state index is 0.374. The molecule has 0 aromatic carbocycles. The highest BCUT2D eigenvalue weighted by atomic mass is 14.7. The summed E-state index contributed by atoms with van der Waals surface area (Å²) in [6.45, 7) is 10.8. The Morgan fingerprint density at radius 3 is 2.58 bits per heavy atom. The summed E-state index contributed by atoms with van der Waals surface area (Å²) < 4.78 is 0. The van der Waals surface area contributed by atoms with Gasteiger partial charge in [0.1, 0.15) is 0 Å². The van der Waals surface area contributed by atoms with Crippen LogP contribution in [0.15, 0.2) is 12.7 Å². The van der Waals surface area contributed by atoms with E-state index in [9.17, 15) is 0 Å². The molecule has 1 aliphatic carbocycles. The molecule has 0 aromatic rings. The van der Waals surface area contributed by atoms with E-state index < -0.39 is 0 Å². The zero-order chi connectivity index (χ0) is 9.35. The Balaban J connectivity index is 2.75. The predicted octanol–water partition coefficient (Wildman–Crippen LogP) is 2.57. The van der Waals surface area contributed by atoms with Crippen LogP contribution in [0.5, 0.6) is 0 Å². The first kappa shape index (κ1) is 9.79. The van der Waals surface area contributed by atoms with Crippen molar-refractivity contribution in [2.45, 2.75) is 39.7 Å². The fourth-order valence-electron chi connectivity index (χ4n) is 2.38. The van der Waals surface area contributed by atoms with E-state index in [1.165, 1.54) is 0 Å². The van der Waals surface area contributed by atoms with E-state index in [1.54, 1.807) is 0 Å². The van der Waals surface area contributed by atoms with Gasteiger partial charge < -0.3 is 5.73 Å². The van der Waals surface area contributed by atoms with Crippen molar-refractivity contribution in [3.8, 4) is 0 Å². The van der Waals surface area contributed by atoms with Crippen molar-refractivity contribution < 1.29 is 0 Å². The fraction of sp³-hybridized carbons (Fsp3) is 0.818. The molecule has 0 bridgehead atoms. The zero-order valence-corrected chi connectivity index (χ0v) is 8.51. The largest absolute Gasteiger partial charge is 0.328 e. The molecule has 0 saturated heterocycles. The smallest absolute Gasteiger partial charge is 0.00497 e. The summed E-state index contributed by atoms with van der Waals surface area (Å²) in [5.41, 5.74) is 6.38. The van der Waals surface area contributed by atoms with Gasteiger partial charge in [0, 0.05) is 6.04 Å². The van der Waals surface area contributed by atoms with Crippen molar-refractivity contribution in [3.05, 3.63) is 12.7 Å². The Hall–Kier alpha value is -0.300.